The molecule has 9 heteroatoms. The van der Waals surface area contributed by atoms with Crippen molar-refractivity contribution in [1.29, 1.82) is 0 Å². The average molecular weight is 486 g/mol. The molecule has 0 aliphatic carbocycles. The van der Waals surface area contributed by atoms with Gasteiger partial charge in [-0.25, -0.2) is 0 Å². The van der Waals surface area contributed by atoms with Crippen LogP contribution in [0.3, 0.4) is 0 Å². The first-order chi connectivity index (χ1) is 18.2. The van der Waals surface area contributed by atoms with Crippen LogP contribution in [0.4, 0.5) is 11.4 Å². The van der Waals surface area contributed by atoms with Crippen LogP contribution in [0.2, 0.25) is 0 Å². The van der Waals surface area contributed by atoms with Crippen molar-refractivity contribution >= 4 is 44.9 Å². The Morgan fingerprint density at radius 2 is 1.59 bits per heavy atom. The maximum absolute atomic E-state index is 12.9. The summed E-state index contributed by atoms with van der Waals surface area (Å²) < 4.78 is 0. The summed E-state index contributed by atoms with van der Waals surface area (Å²) in [6, 6.07) is 18.3. The molecule has 0 saturated heterocycles. The number of carbonyl (C=O) groups is 2. The molecule has 0 fully saturated rings. The zero-order chi connectivity index (χ0) is 25.2. The topological polar surface area (TPSA) is 126 Å². The molecule has 178 valence electrons. The summed E-state index contributed by atoms with van der Waals surface area (Å²) in [5.41, 5.74) is 4.48. The molecule has 0 aliphatic heterocycles. The Bertz CT molecular complexity index is 1770. The number of nitrogens with one attached hydrogen (secondary N) is 3. The predicted molar refractivity (Wildman–Crippen MR) is 141 cm³/mol. The lowest BCUT2D eigenvalue weighted by Gasteiger charge is -2.12. The smallest absolute Gasteiger partial charge is 0.276 e. The molecule has 0 atom stereocenters. The molecule has 37 heavy (non-hydrogen) atoms. The van der Waals surface area contributed by atoms with Crippen molar-refractivity contribution in [1.82, 2.24) is 25.1 Å². The zero-order valence-electron chi connectivity index (χ0n) is 19.3. The van der Waals surface area contributed by atoms with E-state index in [9.17, 15) is 9.59 Å². The van der Waals surface area contributed by atoms with Crippen LogP contribution < -0.4 is 10.6 Å². The third kappa shape index (κ3) is 4.25. The van der Waals surface area contributed by atoms with E-state index in [4.69, 9.17) is 0 Å². The van der Waals surface area contributed by atoms with E-state index in [-0.39, 0.29) is 17.5 Å². The number of aromatic nitrogens is 5. The second kappa shape index (κ2) is 9.31. The molecule has 2 aromatic carbocycles. The summed E-state index contributed by atoms with van der Waals surface area (Å²) >= 11 is 0. The van der Waals surface area contributed by atoms with Gasteiger partial charge in [-0.15, -0.1) is 0 Å². The van der Waals surface area contributed by atoms with Gasteiger partial charge in [-0.1, -0.05) is 18.2 Å². The summed E-state index contributed by atoms with van der Waals surface area (Å²) in [6.07, 6.45) is 9.85. The van der Waals surface area contributed by atoms with E-state index in [1.807, 2.05) is 36.4 Å². The van der Waals surface area contributed by atoms with Gasteiger partial charge in [0.25, 0.3) is 11.8 Å². The van der Waals surface area contributed by atoms with Crippen molar-refractivity contribution in [3.05, 3.63) is 109 Å². The lowest BCUT2D eigenvalue weighted by atomic mass is 9.98. The molecule has 0 radical (unpaired) electrons. The molecule has 0 spiro atoms. The number of rotatable bonds is 5. The molecule has 0 saturated carbocycles. The molecular formula is C28H19N7O2. The summed E-state index contributed by atoms with van der Waals surface area (Å²) in [6.45, 7) is 0. The Balaban J connectivity index is 1.37. The Morgan fingerprint density at radius 1 is 0.703 bits per heavy atom. The highest BCUT2D eigenvalue weighted by Gasteiger charge is 2.17. The number of hydrogen-bond donors (Lipinski definition) is 3. The third-order valence-corrected chi connectivity index (χ3v) is 6.00. The van der Waals surface area contributed by atoms with Crippen molar-refractivity contribution in [3.63, 3.8) is 0 Å². The standard InChI is InChI=1S/C28H19N7O2/c36-27(18-3-2-10-30-14-18)33-24-5-1-4-20-22(15-31-16-23(20)24)17-6-7-25-21(13-17)26(35-34-25)28(37)32-19-8-11-29-12-9-19/h1-16H,(H,33,36)(H,34,35)(H,29,32,37). The number of amides is 2. The third-order valence-electron chi connectivity index (χ3n) is 6.00. The number of benzene rings is 2. The zero-order valence-corrected chi connectivity index (χ0v) is 19.3. The number of fused-ring (bicyclic) bond motifs is 2. The summed E-state index contributed by atoms with van der Waals surface area (Å²) in [5.74, 6) is -0.582. The monoisotopic (exact) mass is 485 g/mol. The van der Waals surface area contributed by atoms with Crippen molar-refractivity contribution < 1.29 is 9.59 Å². The first-order valence-corrected chi connectivity index (χ1v) is 11.5. The Labute approximate surface area is 210 Å². The van der Waals surface area contributed by atoms with Crippen LogP contribution >= 0.6 is 0 Å². The molecule has 4 heterocycles. The highest BCUT2D eigenvalue weighted by molar-refractivity contribution is 6.13. The molecule has 2 amide bonds. The summed E-state index contributed by atoms with van der Waals surface area (Å²) in [7, 11) is 0. The first-order valence-electron chi connectivity index (χ1n) is 11.5. The largest absolute Gasteiger partial charge is 0.321 e. The summed E-state index contributed by atoms with van der Waals surface area (Å²) in [4.78, 5) is 38.1. The number of nitrogens with zero attached hydrogens (tertiary/aromatic N) is 4. The van der Waals surface area contributed by atoms with Crippen LogP contribution in [-0.4, -0.2) is 37.0 Å². The number of H-pyrrole nitrogens is 1. The quantitative estimate of drug-likeness (QED) is 0.313. The average Bonchev–Trinajstić information content (AvgIpc) is 3.37. The lowest BCUT2D eigenvalue weighted by molar-refractivity contribution is 0.101. The van der Waals surface area contributed by atoms with Crippen LogP contribution in [0.5, 0.6) is 0 Å². The van der Waals surface area contributed by atoms with Gasteiger partial charge < -0.3 is 10.6 Å². The normalized spacial score (nSPS) is 10.9. The molecule has 0 bridgehead atoms. The van der Waals surface area contributed by atoms with Gasteiger partial charge >= 0.3 is 0 Å². The molecule has 6 rings (SSSR count). The number of carbonyl (C=O) groups excluding carboxylic acids is 2. The van der Waals surface area contributed by atoms with Gasteiger partial charge in [0, 0.05) is 59.2 Å². The summed E-state index contributed by atoms with van der Waals surface area (Å²) in [5, 5.41) is 15.4. The van der Waals surface area contributed by atoms with Gasteiger partial charge in [0.05, 0.1) is 16.8 Å². The fourth-order valence-electron chi connectivity index (χ4n) is 4.21. The van der Waals surface area contributed by atoms with Gasteiger partial charge in [0.1, 0.15) is 0 Å². The molecule has 0 unspecified atom stereocenters. The number of hydrogen-bond acceptors (Lipinski definition) is 6. The van der Waals surface area contributed by atoms with Gasteiger partial charge in [-0.3, -0.25) is 29.6 Å². The SMILES string of the molecule is O=C(Nc1cccc2c(-c3ccc4[nH]nc(C(=O)Nc5ccncc5)c4c3)cncc12)c1cccnc1. The van der Waals surface area contributed by atoms with Gasteiger partial charge in [0.15, 0.2) is 5.69 Å². The second-order valence-electron chi connectivity index (χ2n) is 8.31. The van der Waals surface area contributed by atoms with Gasteiger partial charge in [0.2, 0.25) is 0 Å². The Morgan fingerprint density at radius 3 is 2.43 bits per heavy atom. The molecule has 4 aromatic heterocycles. The maximum atomic E-state index is 12.9. The van der Waals surface area contributed by atoms with E-state index in [1.54, 1.807) is 55.2 Å². The molecule has 9 nitrogen and oxygen atoms in total. The van der Waals surface area contributed by atoms with E-state index in [1.165, 1.54) is 6.20 Å². The lowest BCUT2D eigenvalue weighted by Crippen LogP contribution is -2.12. The van der Waals surface area contributed by atoms with Crippen LogP contribution in [-0.2, 0) is 0 Å². The number of aromatic amines is 1. The van der Waals surface area contributed by atoms with E-state index in [0.717, 1.165) is 27.4 Å². The van der Waals surface area contributed by atoms with E-state index in [0.29, 0.717) is 22.3 Å². The minimum absolute atomic E-state index is 0.254. The first kappa shape index (κ1) is 22.1. The van der Waals surface area contributed by atoms with Gasteiger partial charge in [-0.2, -0.15) is 5.10 Å². The highest BCUT2D eigenvalue weighted by atomic mass is 16.2. The fourth-order valence-corrected chi connectivity index (χ4v) is 4.21. The van der Waals surface area contributed by atoms with Crippen molar-refractivity contribution in [2.75, 3.05) is 10.6 Å². The minimum atomic E-state index is -0.328. The number of anilines is 2. The maximum Gasteiger partial charge on any atom is 0.276 e. The van der Waals surface area contributed by atoms with Crippen molar-refractivity contribution in [3.8, 4) is 11.1 Å². The molecule has 3 N–H and O–H groups in total. The highest BCUT2D eigenvalue weighted by Crippen LogP contribution is 2.33. The van der Waals surface area contributed by atoms with E-state index in [2.05, 4.69) is 35.8 Å². The van der Waals surface area contributed by atoms with Crippen molar-refractivity contribution in [2.24, 2.45) is 0 Å². The van der Waals surface area contributed by atoms with E-state index < -0.39 is 0 Å². The molecule has 0 aliphatic rings. The van der Waals surface area contributed by atoms with E-state index >= 15 is 0 Å². The van der Waals surface area contributed by atoms with Crippen LogP contribution in [0.15, 0.2) is 97.8 Å². The fraction of sp³-hybridized carbons (Fsp3) is 0. The van der Waals surface area contributed by atoms with Crippen LogP contribution in [0.25, 0.3) is 32.8 Å². The van der Waals surface area contributed by atoms with Crippen LogP contribution in [0.1, 0.15) is 20.8 Å². The predicted octanol–water partition coefficient (Wildman–Crippen LogP) is 5.07. The van der Waals surface area contributed by atoms with Crippen molar-refractivity contribution in [2.45, 2.75) is 0 Å². The number of pyridine rings is 3. The molecular weight excluding hydrogens is 466 g/mol. The Hall–Kier alpha value is -5.44. The second-order valence-corrected chi connectivity index (χ2v) is 8.31. The minimum Gasteiger partial charge on any atom is -0.321 e. The van der Waals surface area contributed by atoms with Crippen LogP contribution in [0, 0.1) is 0 Å². The van der Waals surface area contributed by atoms with Gasteiger partial charge in [-0.05, 0) is 53.4 Å². The Kier molecular flexibility index (Phi) is 5.55. The molecule has 6 aromatic rings.